The van der Waals surface area contributed by atoms with E-state index in [1.54, 1.807) is 0 Å². The molecule has 0 bridgehead atoms. The Hall–Kier alpha value is -2.13. The molecule has 2 aliphatic rings. The Kier molecular flexibility index (Phi) is 5.58. The van der Waals surface area contributed by atoms with Crippen LogP contribution in [-0.4, -0.2) is 29.4 Å². The van der Waals surface area contributed by atoms with E-state index in [1.807, 2.05) is 30.3 Å². The second-order valence-electron chi connectivity index (χ2n) is 7.99. The number of carbonyl (C=O) groups excluding carboxylic acids is 1. The molecule has 1 amide bonds. The third kappa shape index (κ3) is 4.08. The van der Waals surface area contributed by atoms with Gasteiger partial charge in [-0.05, 0) is 62.1 Å². The van der Waals surface area contributed by atoms with Crippen molar-refractivity contribution >= 4 is 5.91 Å². The molecule has 2 aliphatic carbocycles. The van der Waals surface area contributed by atoms with Crippen LogP contribution in [0.5, 0.6) is 0 Å². The fourth-order valence-electron chi connectivity index (χ4n) is 4.88. The molecular formula is C24H30N2O. The van der Waals surface area contributed by atoms with Gasteiger partial charge in [-0.2, -0.15) is 0 Å². The van der Waals surface area contributed by atoms with E-state index in [9.17, 15) is 4.79 Å². The third-order valence-corrected chi connectivity index (χ3v) is 6.35. The maximum atomic E-state index is 13.1. The summed E-state index contributed by atoms with van der Waals surface area (Å²) in [7, 11) is 0. The highest BCUT2D eigenvalue weighted by Crippen LogP contribution is 2.50. The number of fused-ring (bicyclic) bond motifs is 1. The summed E-state index contributed by atoms with van der Waals surface area (Å²) in [6, 6.07) is 21.4. The zero-order valence-corrected chi connectivity index (χ0v) is 16.2. The zero-order valence-electron chi connectivity index (χ0n) is 16.2. The summed E-state index contributed by atoms with van der Waals surface area (Å²) in [4.78, 5) is 15.2. The molecule has 2 aromatic carbocycles. The van der Waals surface area contributed by atoms with Gasteiger partial charge in [-0.3, -0.25) is 4.79 Å². The van der Waals surface area contributed by atoms with Crippen molar-refractivity contribution in [2.75, 3.05) is 6.54 Å². The topological polar surface area (TPSA) is 32.3 Å². The van der Waals surface area contributed by atoms with E-state index >= 15 is 0 Å². The molecule has 1 N–H and O–H groups in total. The van der Waals surface area contributed by atoms with E-state index in [-0.39, 0.29) is 5.91 Å². The first-order valence-corrected chi connectivity index (χ1v) is 10.4. The van der Waals surface area contributed by atoms with E-state index in [2.05, 4.69) is 47.5 Å². The highest BCUT2D eigenvalue weighted by atomic mass is 16.2. The Labute approximate surface area is 162 Å². The molecule has 0 aromatic heterocycles. The van der Waals surface area contributed by atoms with Crippen molar-refractivity contribution in [3.63, 3.8) is 0 Å². The van der Waals surface area contributed by atoms with Gasteiger partial charge in [0, 0.05) is 30.7 Å². The molecule has 27 heavy (non-hydrogen) atoms. The lowest BCUT2D eigenvalue weighted by molar-refractivity contribution is 0.0653. The van der Waals surface area contributed by atoms with E-state index in [1.165, 1.54) is 24.8 Å². The summed E-state index contributed by atoms with van der Waals surface area (Å²) in [5.41, 5.74) is 2.17. The Balaban J connectivity index is 1.40. The lowest BCUT2D eigenvalue weighted by Gasteiger charge is -2.31. The van der Waals surface area contributed by atoms with Crippen LogP contribution in [0.4, 0.5) is 0 Å². The minimum Gasteiger partial charge on any atom is -0.336 e. The maximum absolute atomic E-state index is 13.1. The predicted molar refractivity (Wildman–Crippen MR) is 109 cm³/mol. The number of carbonyl (C=O) groups is 1. The van der Waals surface area contributed by atoms with Crippen LogP contribution in [-0.2, 0) is 6.54 Å². The molecule has 0 heterocycles. The van der Waals surface area contributed by atoms with Crippen LogP contribution in [0.25, 0.3) is 0 Å². The minimum absolute atomic E-state index is 0.199. The number of hydrogen-bond acceptors (Lipinski definition) is 2. The van der Waals surface area contributed by atoms with Gasteiger partial charge in [-0.1, -0.05) is 48.5 Å². The summed E-state index contributed by atoms with van der Waals surface area (Å²) in [6.07, 6.45) is 4.82. The molecule has 1 unspecified atom stereocenters. The SMILES string of the molecule is CCN(C(=O)c1ccccc1)[C@H]1CCC[C@@H](NCc2ccccc2)C2C[C@H]21. The monoisotopic (exact) mass is 362 g/mol. The molecule has 4 rings (SSSR count). The van der Waals surface area contributed by atoms with Gasteiger partial charge in [0.15, 0.2) is 0 Å². The van der Waals surface area contributed by atoms with E-state index in [0.29, 0.717) is 18.0 Å². The molecule has 0 saturated heterocycles. The van der Waals surface area contributed by atoms with E-state index in [0.717, 1.165) is 31.0 Å². The average molecular weight is 363 g/mol. The molecule has 3 nitrogen and oxygen atoms in total. The van der Waals surface area contributed by atoms with Crippen molar-refractivity contribution in [1.29, 1.82) is 0 Å². The van der Waals surface area contributed by atoms with Crippen LogP contribution in [0, 0.1) is 11.8 Å². The van der Waals surface area contributed by atoms with Gasteiger partial charge >= 0.3 is 0 Å². The van der Waals surface area contributed by atoms with Crippen molar-refractivity contribution < 1.29 is 4.79 Å². The standard InChI is InChI=1S/C24H30N2O/c1-2-26(24(27)19-12-7-4-8-13-19)23-15-9-14-22(20-16-21(20)23)25-17-18-10-5-3-6-11-18/h3-8,10-13,20-23,25H,2,9,14-17H2,1H3/t20?,21-,22-,23+/m1/s1. The van der Waals surface area contributed by atoms with Gasteiger partial charge in [0.1, 0.15) is 0 Å². The van der Waals surface area contributed by atoms with Crippen molar-refractivity contribution in [2.24, 2.45) is 11.8 Å². The summed E-state index contributed by atoms with van der Waals surface area (Å²) in [5, 5.41) is 3.80. The fourth-order valence-corrected chi connectivity index (χ4v) is 4.88. The Bertz CT molecular complexity index is 745. The van der Waals surface area contributed by atoms with Crippen LogP contribution in [0.3, 0.4) is 0 Å². The van der Waals surface area contributed by atoms with E-state index < -0.39 is 0 Å². The summed E-state index contributed by atoms with van der Waals surface area (Å²) < 4.78 is 0. The number of amides is 1. The first kappa shape index (κ1) is 18.2. The van der Waals surface area contributed by atoms with Gasteiger partial charge < -0.3 is 10.2 Å². The van der Waals surface area contributed by atoms with Gasteiger partial charge in [-0.25, -0.2) is 0 Å². The zero-order chi connectivity index (χ0) is 18.6. The van der Waals surface area contributed by atoms with Crippen molar-refractivity contribution in [1.82, 2.24) is 10.2 Å². The Morgan fingerprint density at radius 1 is 1.00 bits per heavy atom. The predicted octanol–water partition coefficient (Wildman–Crippen LogP) is 4.50. The normalized spacial score (nSPS) is 26.7. The highest BCUT2D eigenvalue weighted by Gasteiger charge is 2.50. The number of rotatable bonds is 6. The average Bonchev–Trinajstić information content (AvgIpc) is 3.52. The third-order valence-electron chi connectivity index (χ3n) is 6.35. The first-order valence-electron chi connectivity index (χ1n) is 10.4. The Morgan fingerprint density at radius 2 is 1.70 bits per heavy atom. The first-order chi connectivity index (χ1) is 13.3. The number of nitrogens with one attached hydrogen (secondary N) is 1. The van der Waals surface area contributed by atoms with E-state index in [4.69, 9.17) is 0 Å². The number of hydrogen-bond donors (Lipinski definition) is 1. The lowest BCUT2D eigenvalue weighted by Crippen LogP contribution is -2.42. The molecule has 3 heteroatoms. The lowest BCUT2D eigenvalue weighted by atomic mass is 10.0. The minimum atomic E-state index is 0.199. The molecule has 2 fully saturated rings. The smallest absolute Gasteiger partial charge is 0.254 e. The van der Waals surface area contributed by atoms with Crippen LogP contribution in [0.15, 0.2) is 60.7 Å². The molecule has 4 atom stereocenters. The summed E-state index contributed by atoms with van der Waals surface area (Å²) in [5.74, 6) is 1.58. The molecule has 2 saturated carbocycles. The second kappa shape index (κ2) is 8.26. The maximum Gasteiger partial charge on any atom is 0.254 e. The summed E-state index contributed by atoms with van der Waals surface area (Å²) in [6.45, 7) is 3.86. The van der Waals surface area contributed by atoms with Crippen LogP contribution < -0.4 is 5.32 Å². The van der Waals surface area contributed by atoms with Crippen LogP contribution >= 0.6 is 0 Å². The molecule has 0 aliphatic heterocycles. The molecule has 2 aromatic rings. The molecule has 0 spiro atoms. The van der Waals surface area contributed by atoms with Gasteiger partial charge in [0.05, 0.1) is 0 Å². The van der Waals surface area contributed by atoms with Gasteiger partial charge in [0.2, 0.25) is 0 Å². The summed E-state index contributed by atoms with van der Waals surface area (Å²) >= 11 is 0. The Morgan fingerprint density at radius 3 is 2.41 bits per heavy atom. The second-order valence-corrected chi connectivity index (χ2v) is 7.99. The van der Waals surface area contributed by atoms with Gasteiger partial charge in [-0.15, -0.1) is 0 Å². The number of nitrogens with zero attached hydrogens (tertiary/aromatic N) is 1. The van der Waals surface area contributed by atoms with Crippen molar-refractivity contribution in [3.8, 4) is 0 Å². The van der Waals surface area contributed by atoms with Gasteiger partial charge in [0.25, 0.3) is 5.91 Å². The van der Waals surface area contributed by atoms with Crippen molar-refractivity contribution in [3.05, 3.63) is 71.8 Å². The highest BCUT2D eigenvalue weighted by molar-refractivity contribution is 5.94. The number of benzene rings is 2. The molecule has 0 radical (unpaired) electrons. The molecular weight excluding hydrogens is 332 g/mol. The largest absolute Gasteiger partial charge is 0.336 e. The van der Waals surface area contributed by atoms with Crippen LogP contribution in [0.1, 0.15) is 48.5 Å². The fraction of sp³-hybridized carbons (Fsp3) is 0.458. The van der Waals surface area contributed by atoms with Crippen molar-refractivity contribution in [2.45, 2.75) is 51.2 Å². The van der Waals surface area contributed by atoms with Crippen LogP contribution in [0.2, 0.25) is 0 Å². The molecule has 142 valence electrons. The quantitative estimate of drug-likeness (QED) is 0.821.